The lowest BCUT2D eigenvalue weighted by Crippen LogP contribution is -2.32. The van der Waals surface area contributed by atoms with E-state index in [0.717, 1.165) is 11.3 Å². The molecule has 1 amide bonds. The highest BCUT2D eigenvalue weighted by atomic mass is 35.5. The fraction of sp³-hybridized carbons (Fsp3) is 0.300. The van der Waals surface area contributed by atoms with Crippen LogP contribution in [0.1, 0.15) is 11.1 Å². The van der Waals surface area contributed by atoms with Crippen molar-refractivity contribution in [3.05, 3.63) is 64.4 Å². The summed E-state index contributed by atoms with van der Waals surface area (Å²) < 4.78 is 19.4. The number of nitrogens with zero attached hydrogens (tertiary/aromatic N) is 2. The van der Waals surface area contributed by atoms with Gasteiger partial charge in [0.05, 0.1) is 36.6 Å². The van der Waals surface area contributed by atoms with Gasteiger partial charge in [0.15, 0.2) is 6.10 Å². The number of halogens is 2. The summed E-state index contributed by atoms with van der Waals surface area (Å²) in [7, 11) is 1.60. The highest BCUT2D eigenvalue weighted by Gasteiger charge is 2.45. The van der Waals surface area contributed by atoms with Crippen molar-refractivity contribution < 1.29 is 18.8 Å². The number of hydrogen-bond acceptors (Lipinski definition) is 4. The lowest BCUT2D eigenvalue weighted by molar-refractivity contribution is -0.130. The van der Waals surface area contributed by atoms with E-state index in [-0.39, 0.29) is 29.9 Å². The first-order valence-corrected chi connectivity index (χ1v) is 9.03. The molecule has 7 heteroatoms. The molecule has 0 aliphatic carbocycles. The first kappa shape index (κ1) is 17.8. The van der Waals surface area contributed by atoms with Gasteiger partial charge in [0, 0.05) is 6.54 Å². The van der Waals surface area contributed by atoms with Gasteiger partial charge in [-0.15, -0.1) is 0 Å². The minimum Gasteiger partial charge on any atom is -0.497 e. The molecule has 2 aliphatic heterocycles. The van der Waals surface area contributed by atoms with Crippen LogP contribution in [0.5, 0.6) is 5.75 Å². The Bertz CT molecular complexity index is 880. The van der Waals surface area contributed by atoms with Crippen LogP contribution in [0.2, 0.25) is 5.02 Å². The summed E-state index contributed by atoms with van der Waals surface area (Å²) in [6.45, 7) is 0.863. The van der Waals surface area contributed by atoms with Crippen LogP contribution in [0.3, 0.4) is 0 Å². The third kappa shape index (κ3) is 3.37. The van der Waals surface area contributed by atoms with Crippen molar-refractivity contribution in [3.8, 4) is 5.75 Å². The van der Waals surface area contributed by atoms with Crippen molar-refractivity contribution in [1.82, 2.24) is 4.90 Å². The average Bonchev–Trinajstić information content (AvgIpc) is 3.24. The Morgan fingerprint density at radius 3 is 2.78 bits per heavy atom. The number of likely N-dealkylation sites (tertiary alicyclic amines) is 1. The summed E-state index contributed by atoms with van der Waals surface area (Å²) in [6.07, 6.45) is 0.0200. The van der Waals surface area contributed by atoms with Crippen LogP contribution < -0.4 is 4.74 Å². The van der Waals surface area contributed by atoms with Crippen molar-refractivity contribution in [1.29, 1.82) is 0 Å². The Morgan fingerprint density at radius 1 is 1.30 bits per heavy atom. The maximum Gasteiger partial charge on any atom is 0.227 e. The van der Waals surface area contributed by atoms with Gasteiger partial charge in [-0.3, -0.25) is 4.79 Å². The van der Waals surface area contributed by atoms with Gasteiger partial charge in [-0.25, -0.2) is 4.39 Å². The molecule has 1 fully saturated rings. The third-order valence-corrected chi connectivity index (χ3v) is 5.30. The molecule has 2 aromatic rings. The second-order valence-corrected chi connectivity index (χ2v) is 7.05. The van der Waals surface area contributed by atoms with Gasteiger partial charge in [-0.2, -0.15) is 0 Å². The maximum atomic E-state index is 14.3. The minimum atomic E-state index is -0.437. The summed E-state index contributed by atoms with van der Waals surface area (Å²) in [4.78, 5) is 19.9. The smallest absolute Gasteiger partial charge is 0.227 e. The van der Waals surface area contributed by atoms with Crippen molar-refractivity contribution in [3.63, 3.8) is 0 Å². The molecule has 2 unspecified atom stereocenters. The Hall–Kier alpha value is -2.60. The number of rotatable bonds is 4. The van der Waals surface area contributed by atoms with E-state index in [2.05, 4.69) is 5.16 Å². The number of amides is 1. The highest BCUT2D eigenvalue weighted by molar-refractivity contribution is 6.34. The summed E-state index contributed by atoms with van der Waals surface area (Å²) >= 11 is 6.16. The molecule has 0 bridgehead atoms. The predicted octanol–water partition coefficient (Wildman–Crippen LogP) is 3.29. The minimum absolute atomic E-state index is 0.00264. The van der Waals surface area contributed by atoms with Gasteiger partial charge < -0.3 is 14.5 Å². The van der Waals surface area contributed by atoms with E-state index < -0.39 is 5.82 Å². The van der Waals surface area contributed by atoms with Gasteiger partial charge in [0.1, 0.15) is 17.3 Å². The third-order valence-electron chi connectivity index (χ3n) is 4.99. The molecule has 4 rings (SSSR count). The van der Waals surface area contributed by atoms with Crippen molar-refractivity contribution in [2.45, 2.75) is 12.5 Å². The van der Waals surface area contributed by atoms with E-state index in [1.807, 2.05) is 24.3 Å². The molecule has 0 spiro atoms. The molecule has 0 radical (unpaired) electrons. The van der Waals surface area contributed by atoms with Crippen molar-refractivity contribution in [2.24, 2.45) is 11.1 Å². The lowest BCUT2D eigenvalue weighted by atomic mass is 9.94. The summed E-state index contributed by atoms with van der Waals surface area (Å²) in [5.41, 5.74) is 1.64. The highest BCUT2D eigenvalue weighted by Crippen LogP contribution is 2.33. The van der Waals surface area contributed by atoms with E-state index in [0.29, 0.717) is 23.8 Å². The van der Waals surface area contributed by atoms with E-state index in [1.54, 1.807) is 24.1 Å². The number of ether oxygens (including phenoxy) is 1. The second kappa shape index (κ2) is 7.19. The van der Waals surface area contributed by atoms with Gasteiger partial charge in [0.2, 0.25) is 5.91 Å². The molecule has 2 aromatic carbocycles. The Balaban J connectivity index is 1.46. The summed E-state index contributed by atoms with van der Waals surface area (Å²) in [5, 5.41) is 4.34. The molecule has 0 aromatic heterocycles. The van der Waals surface area contributed by atoms with Crippen LogP contribution >= 0.6 is 11.6 Å². The quantitative estimate of drug-likeness (QED) is 0.807. The SMILES string of the molecule is COc1ccc(CC(=O)N2CC3ON=C(c4c(F)cccc4Cl)C3C2)cc1. The van der Waals surface area contributed by atoms with E-state index in [9.17, 15) is 9.18 Å². The number of carbonyl (C=O) groups excluding carboxylic acids is 1. The summed E-state index contributed by atoms with van der Waals surface area (Å²) in [6, 6.07) is 11.9. The van der Waals surface area contributed by atoms with Gasteiger partial charge in [0.25, 0.3) is 0 Å². The van der Waals surface area contributed by atoms with Crippen LogP contribution in [0.15, 0.2) is 47.6 Å². The van der Waals surface area contributed by atoms with Gasteiger partial charge in [-0.1, -0.05) is 35.0 Å². The topological polar surface area (TPSA) is 51.1 Å². The largest absolute Gasteiger partial charge is 0.497 e. The Labute approximate surface area is 161 Å². The predicted molar refractivity (Wildman–Crippen MR) is 99.6 cm³/mol. The second-order valence-electron chi connectivity index (χ2n) is 6.65. The molecule has 5 nitrogen and oxygen atoms in total. The molecule has 1 saturated heterocycles. The monoisotopic (exact) mass is 388 g/mol. The number of fused-ring (bicyclic) bond motifs is 1. The van der Waals surface area contributed by atoms with Crippen LogP contribution in [-0.2, 0) is 16.1 Å². The van der Waals surface area contributed by atoms with E-state index in [1.165, 1.54) is 6.07 Å². The van der Waals surface area contributed by atoms with E-state index in [4.69, 9.17) is 21.2 Å². The molecular formula is C20H18ClFN2O3. The Morgan fingerprint density at radius 2 is 2.07 bits per heavy atom. The first-order valence-electron chi connectivity index (χ1n) is 8.65. The number of carbonyl (C=O) groups is 1. The van der Waals surface area contributed by atoms with Crippen LogP contribution in [0.4, 0.5) is 4.39 Å². The van der Waals surface area contributed by atoms with Crippen LogP contribution in [0.25, 0.3) is 0 Å². The lowest BCUT2D eigenvalue weighted by Gasteiger charge is -2.17. The van der Waals surface area contributed by atoms with Gasteiger partial charge in [-0.05, 0) is 29.8 Å². The zero-order valence-electron chi connectivity index (χ0n) is 14.7. The molecular weight excluding hydrogens is 371 g/mol. The number of benzene rings is 2. The molecule has 0 N–H and O–H groups in total. The van der Waals surface area contributed by atoms with Gasteiger partial charge >= 0.3 is 0 Å². The molecule has 2 atom stereocenters. The van der Waals surface area contributed by atoms with Crippen molar-refractivity contribution >= 4 is 23.2 Å². The normalized spacial score (nSPS) is 20.9. The molecule has 0 saturated carbocycles. The fourth-order valence-corrected chi connectivity index (χ4v) is 3.80. The molecule has 27 heavy (non-hydrogen) atoms. The van der Waals surface area contributed by atoms with Crippen LogP contribution in [-0.4, -0.2) is 42.8 Å². The molecule has 2 aliphatic rings. The molecule has 2 heterocycles. The number of methoxy groups -OCH3 is 1. The van der Waals surface area contributed by atoms with E-state index >= 15 is 0 Å². The fourth-order valence-electron chi connectivity index (χ4n) is 3.54. The average molecular weight is 389 g/mol. The summed E-state index contributed by atoms with van der Waals surface area (Å²) in [5.74, 6) is 0.128. The standard InChI is InChI=1S/C20H18ClFN2O3/c1-26-13-7-5-12(6-8-13)9-18(25)24-10-14-17(11-24)27-23-20(14)19-15(21)3-2-4-16(19)22/h2-8,14,17H,9-11H2,1H3. The number of hydrogen-bond donors (Lipinski definition) is 0. The maximum absolute atomic E-state index is 14.3. The Kier molecular flexibility index (Phi) is 4.74. The zero-order chi connectivity index (χ0) is 19.0. The number of oxime groups is 1. The molecule has 140 valence electrons. The zero-order valence-corrected chi connectivity index (χ0v) is 15.4. The van der Waals surface area contributed by atoms with Crippen molar-refractivity contribution in [2.75, 3.05) is 20.2 Å². The van der Waals surface area contributed by atoms with Crippen LogP contribution in [0, 0.1) is 11.7 Å². The first-order chi connectivity index (χ1) is 13.1.